The fraction of sp³-hybridized carbons (Fsp3) is 0.520. The lowest BCUT2D eigenvalue weighted by atomic mass is 9.77. The molecule has 2 saturated heterocycles. The number of hydrogen-bond acceptors (Lipinski definition) is 4. The van der Waals surface area contributed by atoms with Crippen LogP contribution in [0.15, 0.2) is 42.5 Å². The van der Waals surface area contributed by atoms with Crippen LogP contribution in [0.3, 0.4) is 0 Å². The Hall–Kier alpha value is -2.44. The largest absolute Gasteiger partial charge is 0.326 e. The van der Waals surface area contributed by atoms with Gasteiger partial charge in [-0.25, -0.2) is 9.69 Å². The Morgan fingerprint density at radius 2 is 1.61 bits per heavy atom. The first-order chi connectivity index (χ1) is 15.0. The number of rotatable bonds is 4. The number of benzene rings is 2. The van der Waals surface area contributed by atoms with Crippen LogP contribution in [0.2, 0.25) is 0 Å². The minimum absolute atomic E-state index is 0.0115. The van der Waals surface area contributed by atoms with Gasteiger partial charge in [0.15, 0.2) is 0 Å². The molecule has 164 valence electrons. The third-order valence-corrected chi connectivity index (χ3v) is 7.45. The highest BCUT2D eigenvalue weighted by molar-refractivity contribution is 6.07. The van der Waals surface area contributed by atoms with E-state index >= 15 is 0 Å². The Morgan fingerprint density at radius 3 is 2.39 bits per heavy atom. The van der Waals surface area contributed by atoms with Gasteiger partial charge < -0.3 is 5.32 Å². The standard InChI is InChI=1S/C25H32N4O2/c1-19-9-11-25(12-10-19)23(30)29(24(31)26-25)18-28-15-13-27(14-16-28)17-21-7-4-6-20-5-2-3-8-22(20)21/h2-8,19H,9-18H2,1H3,(H,26,31). The number of nitrogens with zero attached hydrogens (tertiary/aromatic N) is 3. The van der Waals surface area contributed by atoms with Gasteiger partial charge in [-0.2, -0.15) is 0 Å². The lowest BCUT2D eigenvalue weighted by Gasteiger charge is -2.37. The van der Waals surface area contributed by atoms with Gasteiger partial charge >= 0.3 is 6.03 Å². The first-order valence-electron chi connectivity index (χ1n) is 11.6. The molecule has 1 aliphatic carbocycles. The van der Waals surface area contributed by atoms with E-state index in [-0.39, 0.29) is 11.9 Å². The number of imide groups is 1. The molecule has 3 aliphatic rings. The predicted molar refractivity (Wildman–Crippen MR) is 121 cm³/mol. The molecule has 2 aromatic rings. The number of hydrogen-bond donors (Lipinski definition) is 1. The minimum Gasteiger partial charge on any atom is -0.323 e. The zero-order chi connectivity index (χ0) is 21.4. The van der Waals surface area contributed by atoms with E-state index in [1.54, 1.807) is 0 Å². The fourth-order valence-electron chi connectivity index (χ4n) is 5.36. The SMILES string of the molecule is CC1CCC2(CC1)NC(=O)N(CN1CCN(Cc3cccc4ccccc34)CC1)C2=O. The number of carbonyl (C=O) groups is 2. The summed E-state index contributed by atoms with van der Waals surface area (Å²) in [6.45, 7) is 7.18. The molecule has 1 N–H and O–H groups in total. The van der Waals surface area contributed by atoms with Crippen molar-refractivity contribution in [2.24, 2.45) is 5.92 Å². The number of amides is 3. The average molecular weight is 421 g/mol. The maximum absolute atomic E-state index is 13.1. The van der Waals surface area contributed by atoms with E-state index in [1.807, 2.05) is 0 Å². The number of piperazine rings is 1. The van der Waals surface area contributed by atoms with Crippen molar-refractivity contribution in [2.45, 2.75) is 44.7 Å². The Bertz CT molecular complexity index is 969. The molecule has 1 saturated carbocycles. The second-order valence-corrected chi connectivity index (χ2v) is 9.60. The molecule has 0 aromatic heterocycles. The van der Waals surface area contributed by atoms with Gasteiger partial charge in [-0.15, -0.1) is 0 Å². The highest BCUT2D eigenvalue weighted by Crippen LogP contribution is 2.36. The van der Waals surface area contributed by atoms with Gasteiger partial charge in [0.25, 0.3) is 5.91 Å². The second-order valence-electron chi connectivity index (χ2n) is 9.60. The zero-order valence-electron chi connectivity index (χ0n) is 18.3. The van der Waals surface area contributed by atoms with E-state index in [1.165, 1.54) is 21.2 Å². The Balaban J connectivity index is 1.18. The summed E-state index contributed by atoms with van der Waals surface area (Å²) in [4.78, 5) is 31.9. The molecule has 3 fully saturated rings. The quantitative estimate of drug-likeness (QED) is 0.770. The van der Waals surface area contributed by atoms with Crippen molar-refractivity contribution in [3.63, 3.8) is 0 Å². The lowest BCUT2D eigenvalue weighted by molar-refractivity contribution is -0.134. The number of fused-ring (bicyclic) bond motifs is 1. The van der Waals surface area contributed by atoms with Crippen molar-refractivity contribution in [3.8, 4) is 0 Å². The van der Waals surface area contributed by atoms with Crippen LogP contribution in [0.5, 0.6) is 0 Å². The van der Waals surface area contributed by atoms with Crippen LogP contribution in [-0.2, 0) is 11.3 Å². The van der Waals surface area contributed by atoms with Gasteiger partial charge in [0.1, 0.15) is 5.54 Å². The molecule has 0 bridgehead atoms. The summed E-state index contributed by atoms with van der Waals surface area (Å²) in [5, 5.41) is 5.64. The molecule has 2 aromatic carbocycles. The van der Waals surface area contributed by atoms with Gasteiger partial charge in [0.05, 0.1) is 6.67 Å². The van der Waals surface area contributed by atoms with Crippen molar-refractivity contribution in [1.82, 2.24) is 20.0 Å². The third-order valence-electron chi connectivity index (χ3n) is 7.45. The van der Waals surface area contributed by atoms with Crippen molar-refractivity contribution in [2.75, 3.05) is 32.8 Å². The number of urea groups is 1. The van der Waals surface area contributed by atoms with Crippen LogP contribution >= 0.6 is 0 Å². The van der Waals surface area contributed by atoms with E-state index in [2.05, 4.69) is 64.5 Å². The van der Waals surface area contributed by atoms with E-state index in [4.69, 9.17) is 0 Å². The molecule has 1 spiro atoms. The van der Waals surface area contributed by atoms with Crippen molar-refractivity contribution in [1.29, 1.82) is 0 Å². The van der Waals surface area contributed by atoms with Gasteiger partial charge in [-0.1, -0.05) is 49.4 Å². The summed E-state index contributed by atoms with van der Waals surface area (Å²) in [7, 11) is 0. The monoisotopic (exact) mass is 420 g/mol. The molecular weight excluding hydrogens is 388 g/mol. The maximum atomic E-state index is 13.1. The number of carbonyl (C=O) groups excluding carboxylic acids is 2. The Morgan fingerprint density at radius 1 is 0.935 bits per heavy atom. The van der Waals surface area contributed by atoms with Crippen LogP contribution < -0.4 is 5.32 Å². The van der Waals surface area contributed by atoms with Gasteiger partial charge in [0.2, 0.25) is 0 Å². The van der Waals surface area contributed by atoms with Crippen molar-refractivity contribution in [3.05, 3.63) is 48.0 Å². The number of nitrogens with one attached hydrogen (secondary N) is 1. The molecule has 2 aliphatic heterocycles. The first-order valence-corrected chi connectivity index (χ1v) is 11.6. The van der Waals surface area contributed by atoms with Crippen LogP contribution in [0.25, 0.3) is 10.8 Å². The lowest BCUT2D eigenvalue weighted by Crippen LogP contribution is -2.52. The first kappa shape index (κ1) is 20.5. The summed E-state index contributed by atoms with van der Waals surface area (Å²) < 4.78 is 0. The highest BCUT2D eigenvalue weighted by Gasteiger charge is 2.52. The highest BCUT2D eigenvalue weighted by atomic mass is 16.2. The summed E-state index contributed by atoms with van der Waals surface area (Å²) in [5.41, 5.74) is 0.717. The van der Waals surface area contributed by atoms with E-state index in [0.717, 1.165) is 58.4 Å². The molecule has 0 unspecified atom stereocenters. The van der Waals surface area contributed by atoms with Gasteiger partial charge in [0, 0.05) is 32.7 Å². The fourth-order valence-corrected chi connectivity index (χ4v) is 5.36. The summed E-state index contributed by atoms with van der Waals surface area (Å²) >= 11 is 0. The van der Waals surface area contributed by atoms with E-state index in [9.17, 15) is 9.59 Å². The Labute approximate surface area is 184 Å². The minimum atomic E-state index is -0.639. The molecule has 6 nitrogen and oxygen atoms in total. The molecule has 0 atom stereocenters. The van der Waals surface area contributed by atoms with Gasteiger partial charge in [-0.3, -0.25) is 14.6 Å². The molecule has 31 heavy (non-hydrogen) atoms. The van der Waals surface area contributed by atoms with Crippen molar-refractivity contribution < 1.29 is 9.59 Å². The van der Waals surface area contributed by atoms with Crippen molar-refractivity contribution >= 4 is 22.7 Å². The molecule has 5 rings (SSSR count). The smallest absolute Gasteiger partial charge is 0.323 e. The van der Waals surface area contributed by atoms with E-state index in [0.29, 0.717) is 12.6 Å². The summed E-state index contributed by atoms with van der Waals surface area (Å²) in [6.07, 6.45) is 3.56. The van der Waals surface area contributed by atoms with E-state index < -0.39 is 5.54 Å². The average Bonchev–Trinajstić information content (AvgIpc) is 3.01. The molecule has 3 amide bonds. The summed E-state index contributed by atoms with van der Waals surface area (Å²) in [6, 6.07) is 14.8. The zero-order valence-corrected chi connectivity index (χ0v) is 18.3. The maximum Gasteiger partial charge on any atom is 0.326 e. The van der Waals surface area contributed by atoms with Crippen LogP contribution in [-0.4, -0.2) is 65.0 Å². The van der Waals surface area contributed by atoms with Crippen LogP contribution in [0.4, 0.5) is 4.79 Å². The molecule has 0 radical (unpaired) electrons. The molecular formula is C25H32N4O2. The topological polar surface area (TPSA) is 55.9 Å². The van der Waals surface area contributed by atoms with Crippen LogP contribution in [0, 0.1) is 5.92 Å². The molecule has 6 heteroatoms. The normalized spacial score (nSPS) is 27.9. The third kappa shape index (κ3) is 3.94. The second kappa shape index (κ2) is 8.24. The summed E-state index contributed by atoms with van der Waals surface area (Å²) in [5.74, 6) is 0.627. The van der Waals surface area contributed by atoms with Crippen LogP contribution in [0.1, 0.15) is 38.2 Å². The Kier molecular flexibility index (Phi) is 5.44. The van der Waals surface area contributed by atoms with Gasteiger partial charge in [-0.05, 0) is 47.9 Å². The molecule has 2 heterocycles. The predicted octanol–water partition coefficient (Wildman–Crippen LogP) is 3.42.